The van der Waals surface area contributed by atoms with Crippen LogP contribution in [0.4, 0.5) is 22.9 Å². The molecule has 40 heavy (non-hydrogen) atoms. The molecule has 0 radical (unpaired) electrons. The molecular formula is C32H26N6O2. The van der Waals surface area contributed by atoms with Crippen LogP contribution in [0.1, 0.15) is 28.4 Å². The molecule has 0 saturated carbocycles. The van der Waals surface area contributed by atoms with Crippen LogP contribution in [0.15, 0.2) is 107 Å². The van der Waals surface area contributed by atoms with Crippen molar-refractivity contribution in [1.82, 2.24) is 9.78 Å². The van der Waals surface area contributed by atoms with Gasteiger partial charge in [0.2, 0.25) is 0 Å². The summed E-state index contributed by atoms with van der Waals surface area (Å²) < 4.78 is 1.85. The van der Waals surface area contributed by atoms with Gasteiger partial charge in [0.05, 0.1) is 28.8 Å². The second-order valence-corrected chi connectivity index (χ2v) is 9.97. The molecule has 0 bridgehead atoms. The van der Waals surface area contributed by atoms with Gasteiger partial charge in [-0.3, -0.25) is 0 Å². The first kappa shape index (κ1) is 23.7. The quantitative estimate of drug-likeness (QED) is 0.227. The largest absolute Gasteiger partial charge is 0.504 e. The van der Waals surface area contributed by atoms with E-state index in [9.17, 15) is 10.2 Å². The lowest BCUT2D eigenvalue weighted by molar-refractivity contribution is 0.403. The van der Waals surface area contributed by atoms with Crippen LogP contribution in [0.3, 0.4) is 0 Å². The fraction of sp³-hybridized carbons (Fsp3) is 0.0938. The van der Waals surface area contributed by atoms with E-state index in [4.69, 9.17) is 15.1 Å². The third-order valence-electron chi connectivity index (χ3n) is 7.27. The molecule has 3 N–H and O–H groups in total. The maximum Gasteiger partial charge on any atom is 0.179 e. The van der Waals surface area contributed by atoms with Gasteiger partial charge in [-0.1, -0.05) is 54.1 Å². The molecule has 0 spiro atoms. The highest BCUT2D eigenvalue weighted by atomic mass is 16.3. The van der Waals surface area contributed by atoms with Crippen molar-refractivity contribution < 1.29 is 10.2 Å². The van der Waals surface area contributed by atoms with Gasteiger partial charge in [-0.25, -0.2) is 14.7 Å². The predicted molar refractivity (Wildman–Crippen MR) is 158 cm³/mol. The maximum absolute atomic E-state index is 10.5. The van der Waals surface area contributed by atoms with E-state index in [1.54, 1.807) is 6.07 Å². The van der Waals surface area contributed by atoms with E-state index in [0.29, 0.717) is 17.5 Å². The second kappa shape index (κ2) is 9.13. The van der Waals surface area contributed by atoms with Crippen LogP contribution >= 0.6 is 0 Å². The fourth-order valence-electron chi connectivity index (χ4n) is 5.35. The number of aryl methyl sites for hydroxylation is 2. The van der Waals surface area contributed by atoms with Crippen molar-refractivity contribution in [2.45, 2.75) is 19.9 Å². The minimum atomic E-state index is -0.405. The highest BCUT2D eigenvalue weighted by Crippen LogP contribution is 2.49. The van der Waals surface area contributed by atoms with Gasteiger partial charge < -0.3 is 20.4 Å². The molecule has 7 rings (SSSR count). The van der Waals surface area contributed by atoms with E-state index in [1.165, 1.54) is 6.07 Å². The van der Waals surface area contributed by atoms with Crippen LogP contribution in [-0.2, 0) is 0 Å². The summed E-state index contributed by atoms with van der Waals surface area (Å²) in [7, 11) is 0. The van der Waals surface area contributed by atoms with E-state index in [-0.39, 0.29) is 11.5 Å². The number of nitrogens with one attached hydrogen (secondary N) is 1. The molecule has 5 aromatic rings. The molecule has 1 aromatic heterocycles. The number of para-hydroxylation sites is 3. The van der Waals surface area contributed by atoms with Crippen LogP contribution < -0.4 is 10.2 Å². The molecule has 8 heteroatoms. The van der Waals surface area contributed by atoms with Crippen molar-refractivity contribution in [3.63, 3.8) is 0 Å². The summed E-state index contributed by atoms with van der Waals surface area (Å²) in [5, 5.41) is 29.1. The standard InChI is InChI=1S/C32H26N6O2/c1-19-12-15-22(16-13-19)33-30-32-35-31-28(20(2)36-38(31)23-8-4-3-5-9-23)29(21-14-17-26(39)27(40)18-21)37(32)25-11-7-6-10-24(25)34-30/h3-18,29,39-40H,1-2H3,(H,33,34)/t29-/m1/s1. The third-order valence-corrected chi connectivity index (χ3v) is 7.27. The Bertz CT molecular complexity index is 1820. The molecule has 8 nitrogen and oxygen atoms in total. The number of aromatic hydroxyl groups is 2. The van der Waals surface area contributed by atoms with Crippen LogP contribution in [0.5, 0.6) is 11.5 Å². The number of rotatable bonds is 3. The summed E-state index contributed by atoms with van der Waals surface area (Å²) in [5.74, 6) is 1.55. The molecular weight excluding hydrogens is 500 g/mol. The molecule has 0 fully saturated rings. The lowest BCUT2D eigenvalue weighted by Gasteiger charge is -2.40. The van der Waals surface area contributed by atoms with E-state index in [2.05, 4.69) is 17.1 Å². The number of hydrogen-bond acceptors (Lipinski definition) is 7. The lowest BCUT2D eigenvalue weighted by Crippen LogP contribution is -2.46. The van der Waals surface area contributed by atoms with Gasteiger partial charge in [0.25, 0.3) is 0 Å². The smallest absolute Gasteiger partial charge is 0.179 e. The number of phenolic OH excluding ortho intramolecular Hbond substituents is 2. The topological polar surface area (TPSA) is 98.3 Å². The average molecular weight is 527 g/mol. The average Bonchev–Trinajstić information content (AvgIpc) is 3.31. The number of phenols is 2. The monoisotopic (exact) mass is 526 g/mol. The summed E-state index contributed by atoms with van der Waals surface area (Å²) in [6.45, 7) is 4.03. The molecule has 0 amide bonds. The second-order valence-electron chi connectivity index (χ2n) is 9.97. The molecule has 1 atom stereocenters. The number of aromatic nitrogens is 2. The van der Waals surface area contributed by atoms with Crippen LogP contribution in [0, 0.1) is 13.8 Å². The molecule has 4 aromatic carbocycles. The highest BCUT2D eigenvalue weighted by Gasteiger charge is 2.41. The number of fused-ring (bicyclic) bond motifs is 4. The Morgan fingerprint density at radius 3 is 2.30 bits per heavy atom. The number of nitrogens with zero attached hydrogens (tertiary/aromatic N) is 5. The first-order chi connectivity index (χ1) is 19.5. The maximum atomic E-state index is 10.5. The molecule has 0 saturated heterocycles. The Kier molecular flexibility index (Phi) is 5.41. The third kappa shape index (κ3) is 3.80. The number of hydrogen-bond donors (Lipinski definition) is 3. The number of benzene rings is 4. The fourth-order valence-corrected chi connectivity index (χ4v) is 5.35. The first-order valence-corrected chi connectivity index (χ1v) is 13.0. The zero-order chi connectivity index (χ0) is 27.4. The van der Waals surface area contributed by atoms with Gasteiger partial charge in [0.1, 0.15) is 0 Å². The summed E-state index contributed by atoms with van der Waals surface area (Å²) in [5.41, 5.74) is 7.12. The van der Waals surface area contributed by atoms with Crippen molar-refractivity contribution in [3.05, 3.63) is 119 Å². The summed E-state index contributed by atoms with van der Waals surface area (Å²) in [4.78, 5) is 12.4. The minimum Gasteiger partial charge on any atom is -0.504 e. The Labute approximate surface area is 231 Å². The van der Waals surface area contributed by atoms with Gasteiger partial charge in [0.15, 0.2) is 29.0 Å². The molecule has 0 aliphatic carbocycles. The SMILES string of the molecule is Cc1ccc(NC2=Nc3ccccc3N3C2=Nc2c(c(C)nn2-c2ccccc2)[C@H]3c2ccc(O)c(O)c2)cc1. The molecule has 2 aliphatic heterocycles. The van der Waals surface area contributed by atoms with Crippen molar-refractivity contribution >= 4 is 34.6 Å². The van der Waals surface area contributed by atoms with Crippen LogP contribution in [-0.4, -0.2) is 31.7 Å². The highest BCUT2D eigenvalue weighted by molar-refractivity contribution is 6.51. The van der Waals surface area contributed by atoms with Crippen molar-refractivity contribution in [2.75, 3.05) is 10.2 Å². The Morgan fingerprint density at radius 1 is 0.775 bits per heavy atom. The molecule has 0 unspecified atom stereocenters. The molecule has 196 valence electrons. The van der Waals surface area contributed by atoms with E-state index >= 15 is 0 Å². The van der Waals surface area contributed by atoms with Crippen molar-refractivity contribution in [1.29, 1.82) is 0 Å². The van der Waals surface area contributed by atoms with Gasteiger partial charge >= 0.3 is 0 Å². The predicted octanol–water partition coefficient (Wildman–Crippen LogP) is 6.70. The van der Waals surface area contributed by atoms with Gasteiger partial charge in [-0.2, -0.15) is 5.10 Å². The molecule has 2 aliphatic rings. The Hall–Kier alpha value is -5.37. The number of amidine groups is 2. The van der Waals surface area contributed by atoms with Gasteiger partial charge in [-0.15, -0.1) is 0 Å². The normalized spacial score (nSPS) is 15.4. The summed E-state index contributed by atoms with van der Waals surface area (Å²) in [6.07, 6.45) is 0. The number of anilines is 2. The Balaban J connectivity index is 1.50. The Morgan fingerprint density at radius 2 is 1.52 bits per heavy atom. The summed E-state index contributed by atoms with van der Waals surface area (Å²) >= 11 is 0. The van der Waals surface area contributed by atoms with Gasteiger partial charge in [0, 0.05) is 11.3 Å². The van der Waals surface area contributed by atoms with Crippen molar-refractivity contribution in [2.24, 2.45) is 9.98 Å². The van der Waals surface area contributed by atoms with E-state index < -0.39 is 6.04 Å². The lowest BCUT2D eigenvalue weighted by atomic mass is 9.93. The zero-order valence-corrected chi connectivity index (χ0v) is 21.9. The summed E-state index contributed by atoms with van der Waals surface area (Å²) in [6, 6.07) is 30.5. The zero-order valence-electron chi connectivity index (χ0n) is 21.9. The van der Waals surface area contributed by atoms with Gasteiger partial charge in [-0.05, 0) is 67.9 Å². The first-order valence-electron chi connectivity index (χ1n) is 13.0. The number of aliphatic imine (C=N–C) groups is 2. The van der Waals surface area contributed by atoms with Crippen LogP contribution in [0.2, 0.25) is 0 Å². The van der Waals surface area contributed by atoms with Crippen molar-refractivity contribution in [3.8, 4) is 17.2 Å². The van der Waals surface area contributed by atoms with E-state index in [0.717, 1.165) is 45.1 Å². The van der Waals surface area contributed by atoms with E-state index in [1.807, 2.05) is 96.5 Å². The minimum absolute atomic E-state index is 0.173. The molecule has 3 heterocycles. The van der Waals surface area contributed by atoms with Crippen LogP contribution in [0.25, 0.3) is 5.69 Å².